The number of aliphatic hydroxyl groups excluding tert-OH is 1. The summed E-state index contributed by atoms with van der Waals surface area (Å²) >= 11 is 2.94. The van der Waals surface area contributed by atoms with Crippen LogP contribution in [0.3, 0.4) is 0 Å². The van der Waals surface area contributed by atoms with E-state index in [-0.39, 0.29) is 11.3 Å². The topological polar surface area (TPSA) is 46.0 Å². The Morgan fingerprint density at radius 2 is 2.00 bits per heavy atom. The molecule has 1 aliphatic rings. The summed E-state index contributed by atoms with van der Waals surface area (Å²) in [5.74, 6) is 0.101. The van der Waals surface area contributed by atoms with Crippen molar-refractivity contribution in [1.82, 2.24) is 9.97 Å². The summed E-state index contributed by atoms with van der Waals surface area (Å²) in [6.07, 6.45) is -1.10. The van der Waals surface area contributed by atoms with E-state index in [1.807, 2.05) is 0 Å². The second-order valence-corrected chi connectivity index (χ2v) is 8.22. The Labute approximate surface area is 156 Å². The average Bonchev–Trinajstić information content (AvgIpc) is 3.19. The Bertz CT molecular complexity index is 955. The molecule has 26 heavy (non-hydrogen) atoms. The van der Waals surface area contributed by atoms with Crippen molar-refractivity contribution in [3.8, 4) is 0 Å². The molecule has 0 spiro atoms. The number of hydrogen-bond donors (Lipinski definition) is 1. The molecule has 3 nitrogen and oxygen atoms in total. The number of nitrogens with zero attached hydrogens (tertiary/aromatic N) is 2. The van der Waals surface area contributed by atoms with Crippen LogP contribution in [0, 0.1) is 0 Å². The maximum Gasteiger partial charge on any atom is 0.416 e. The predicted molar refractivity (Wildman–Crippen MR) is 96.6 cm³/mol. The lowest BCUT2D eigenvalue weighted by Gasteiger charge is -2.17. The van der Waals surface area contributed by atoms with Gasteiger partial charge in [0, 0.05) is 16.0 Å². The minimum absolute atomic E-state index is 0.101. The smallest absolute Gasteiger partial charge is 0.388 e. The largest absolute Gasteiger partial charge is 0.416 e. The van der Waals surface area contributed by atoms with Gasteiger partial charge in [0.25, 0.3) is 0 Å². The van der Waals surface area contributed by atoms with E-state index in [0.29, 0.717) is 0 Å². The molecule has 0 saturated heterocycles. The molecule has 1 atom stereocenters. The number of halogens is 3. The van der Waals surface area contributed by atoms with Gasteiger partial charge >= 0.3 is 6.18 Å². The normalized spacial score (nSPS) is 15.4. The van der Waals surface area contributed by atoms with Crippen LogP contribution in [0.1, 0.15) is 34.1 Å². The van der Waals surface area contributed by atoms with Crippen LogP contribution in [0.5, 0.6) is 0 Å². The van der Waals surface area contributed by atoms with E-state index in [9.17, 15) is 18.3 Å². The highest BCUT2D eigenvalue weighted by atomic mass is 32.2. The van der Waals surface area contributed by atoms with Crippen LogP contribution < -0.4 is 0 Å². The van der Waals surface area contributed by atoms with Crippen molar-refractivity contribution in [2.24, 2.45) is 0 Å². The average molecular weight is 396 g/mol. The maximum atomic E-state index is 13.2. The quantitative estimate of drug-likeness (QED) is 0.497. The molecular formula is C18H15F3N2OS2. The molecule has 0 amide bonds. The van der Waals surface area contributed by atoms with Crippen LogP contribution in [0.25, 0.3) is 10.2 Å². The first-order chi connectivity index (χ1) is 12.4. The fourth-order valence-electron chi connectivity index (χ4n) is 3.30. The van der Waals surface area contributed by atoms with E-state index in [2.05, 4.69) is 9.97 Å². The second-order valence-electron chi connectivity index (χ2n) is 6.13. The van der Waals surface area contributed by atoms with E-state index in [0.717, 1.165) is 40.6 Å². The Hall–Kier alpha value is -1.64. The number of aromatic nitrogens is 2. The number of alkyl halides is 3. The van der Waals surface area contributed by atoms with Crippen molar-refractivity contribution < 1.29 is 18.3 Å². The molecule has 0 fully saturated rings. The van der Waals surface area contributed by atoms with Crippen LogP contribution in [0.2, 0.25) is 0 Å². The molecule has 1 aromatic carbocycles. The number of aliphatic hydroxyl groups is 1. The number of thioether (sulfide) groups is 1. The monoisotopic (exact) mass is 396 g/mol. The van der Waals surface area contributed by atoms with Gasteiger partial charge in [0.15, 0.2) is 0 Å². The molecule has 0 bridgehead atoms. The van der Waals surface area contributed by atoms with Crippen LogP contribution >= 0.6 is 23.1 Å². The summed E-state index contributed by atoms with van der Waals surface area (Å²) in [6, 6.07) is 5.16. The van der Waals surface area contributed by atoms with Gasteiger partial charge in [-0.15, -0.1) is 23.1 Å². The van der Waals surface area contributed by atoms with Gasteiger partial charge in [-0.1, -0.05) is 18.2 Å². The Kier molecular flexibility index (Phi) is 4.66. The van der Waals surface area contributed by atoms with Gasteiger partial charge in [0.05, 0.1) is 11.7 Å². The fourth-order valence-corrected chi connectivity index (χ4v) is 5.58. The SMILES string of the molecule is OC(CSc1ncnc2sc3c(c12)CCC3)c1ccccc1C(F)(F)F. The molecular weight excluding hydrogens is 381 g/mol. The summed E-state index contributed by atoms with van der Waals surface area (Å²) in [4.78, 5) is 10.9. The lowest BCUT2D eigenvalue weighted by Crippen LogP contribution is -2.13. The van der Waals surface area contributed by atoms with Crippen molar-refractivity contribution in [2.75, 3.05) is 5.75 Å². The number of benzene rings is 1. The molecule has 0 saturated carbocycles. The Morgan fingerprint density at radius 3 is 2.81 bits per heavy atom. The molecule has 136 valence electrons. The first-order valence-electron chi connectivity index (χ1n) is 8.17. The molecule has 8 heteroatoms. The van der Waals surface area contributed by atoms with E-state index in [1.165, 1.54) is 46.7 Å². The Balaban J connectivity index is 1.60. The standard InChI is InChI=1S/C18H15F3N2OS2/c19-18(20,21)12-6-2-1-4-10(12)13(24)8-25-16-15-11-5-3-7-14(11)26-17(15)23-9-22-16/h1-2,4,6,9,13,24H,3,5,7-8H2. The summed E-state index contributed by atoms with van der Waals surface area (Å²) in [5.41, 5.74) is 0.365. The molecule has 4 rings (SSSR count). The van der Waals surface area contributed by atoms with E-state index in [1.54, 1.807) is 11.3 Å². The third-order valence-corrected chi connectivity index (χ3v) is 6.73. The van der Waals surface area contributed by atoms with Gasteiger partial charge in [0.2, 0.25) is 0 Å². The zero-order valence-electron chi connectivity index (χ0n) is 13.6. The summed E-state index contributed by atoms with van der Waals surface area (Å²) < 4.78 is 39.5. The highest BCUT2D eigenvalue weighted by Crippen LogP contribution is 2.41. The van der Waals surface area contributed by atoms with Crippen molar-refractivity contribution in [3.05, 3.63) is 52.2 Å². The van der Waals surface area contributed by atoms with Gasteiger partial charge in [-0.2, -0.15) is 13.2 Å². The van der Waals surface area contributed by atoms with E-state index >= 15 is 0 Å². The maximum absolute atomic E-state index is 13.2. The molecule has 0 aliphatic heterocycles. The lowest BCUT2D eigenvalue weighted by atomic mass is 10.0. The number of aryl methyl sites for hydroxylation is 2. The Morgan fingerprint density at radius 1 is 1.19 bits per heavy atom. The van der Waals surface area contributed by atoms with Crippen LogP contribution in [0.4, 0.5) is 13.2 Å². The zero-order chi connectivity index (χ0) is 18.3. The number of rotatable bonds is 4. The van der Waals surface area contributed by atoms with Gasteiger partial charge in [-0.25, -0.2) is 9.97 Å². The minimum atomic E-state index is -4.49. The van der Waals surface area contributed by atoms with E-state index < -0.39 is 17.8 Å². The van der Waals surface area contributed by atoms with Crippen LogP contribution in [-0.2, 0) is 19.0 Å². The zero-order valence-corrected chi connectivity index (χ0v) is 15.2. The fraction of sp³-hybridized carbons (Fsp3) is 0.333. The molecule has 2 heterocycles. The molecule has 1 aliphatic carbocycles. The molecule has 3 aromatic rings. The highest BCUT2D eigenvalue weighted by Gasteiger charge is 2.34. The van der Waals surface area contributed by atoms with E-state index in [4.69, 9.17) is 0 Å². The first kappa shape index (κ1) is 17.8. The van der Waals surface area contributed by atoms with Crippen molar-refractivity contribution >= 4 is 33.3 Å². The lowest BCUT2D eigenvalue weighted by molar-refractivity contribution is -0.139. The predicted octanol–water partition coefficient (Wildman–Crippen LogP) is 5.02. The second kappa shape index (κ2) is 6.83. The van der Waals surface area contributed by atoms with Crippen LogP contribution in [0.15, 0.2) is 35.6 Å². The van der Waals surface area contributed by atoms with Crippen molar-refractivity contribution in [1.29, 1.82) is 0 Å². The summed E-state index contributed by atoms with van der Waals surface area (Å²) in [5, 5.41) is 12.1. The summed E-state index contributed by atoms with van der Waals surface area (Å²) in [6.45, 7) is 0. The molecule has 0 radical (unpaired) electrons. The third kappa shape index (κ3) is 3.21. The minimum Gasteiger partial charge on any atom is -0.388 e. The highest BCUT2D eigenvalue weighted by molar-refractivity contribution is 7.99. The molecule has 1 unspecified atom stereocenters. The number of thiophene rings is 1. The number of hydrogen-bond acceptors (Lipinski definition) is 5. The van der Waals surface area contributed by atoms with Gasteiger partial charge in [-0.3, -0.25) is 0 Å². The third-order valence-electron chi connectivity index (χ3n) is 4.47. The first-order valence-corrected chi connectivity index (χ1v) is 9.97. The van der Waals surface area contributed by atoms with Gasteiger partial charge < -0.3 is 5.11 Å². The number of fused-ring (bicyclic) bond motifs is 3. The van der Waals surface area contributed by atoms with Gasteiger partial charge in [0.1, 0.15) is 16.2 Å². The molecule has 1 N–H and O–H groups in total. The summed E-state index contributed by atoms with van der Waals surface area (Å²) in [7, 11) is 0. The molecule has 2 aromatic heterocycles. The van der Waals surface area contributed by atoms with Gasteiger partial charge in [-0.05, 0) is 36.5 Å². The van der Waals surface area contributed by atoms with Crippen LogP contribution in [-0.4, -0.2) is 20.8 Å². The van der Waals surface area contributed by atoms with Crippen molar-refractivity contribution in [2.45, 2.75) is 36.6 Å². The van der Waals surface area contributed by atoms with Crippen molar-refractivity contribution in [3.63, 3.8) is 0 Å².